The van der Waals surface area contributed by atoms with Crippen LogP contribution in [0.25, 0.3) is 11.4 Å². The van der Waals surface area contributed by atoms with E-state index in [2.05, 4.69) is 20.1 Å². The highest BCUT2D eigenvalue weighted by Crippen LogP contribution is 2.31. The number of carboxylic acid groups (broad SMARTS) is 1. The zero-order valence-corrected chi connectivity index (χ0v) is 15.1. The van der Waals surface area contributed by atoms with Crippen molar-refractivity contribution in [2.24, 2.45) is 5.92 Å². The summed E-state index contributed by atoms with van der Waals surface area (Å²) in [5.74, 6) is -0.359. The minimum atomic E-state index is -0.931. The number of carboxylic acids is 1. The molecule has 1 aliphatic rings. The molecule has 9 heteroatoms. The Balaban J connectivity index is 1.69. The Hall–Kier alpha value is -2.71. The highest BCUT2D eigenvalue weighted by Gasteiger charge is 2.24. The monoisotopic (exact) mass is 376 g/mol. The average molecular weight is 376 g/mol. The number of aromatic amines is 2. The molecule has 1 fully saturated rings. The molecule has 3 rings (SSSR count). The van der Waals surface area contributed by atoms with Crippen molar-refractivity contribution in [2.75, 3.05) is 0 Å². The smallest absolute Gasteiger partial charge is 0.325 e. The predicted octanol–water partition coefficient (Wildman–Crippen LogP) is 2.42. The summed E-state index contributed by atoms with van der Waals surface area (Å²) in [6.45, 7) is 0. The summed E-state index contributed by atoms with van der Waals surface area (Å²) in [4.78, 5) is 42.9. The van der Waals surface area contributed by atoms with E-state index in [-0.39, 0.29) is 23.7 Å². The lowest BCUT2D eigenvalue weighted by Crippen LogP contribution is -2.22. The Morgan fingerprint density at radius 1 is 1.30 bits per heavy atom. The van der Waals surface area contributed by atoms with E-state index in [1.165, 1.54) is 38.3 Å². The standard InChI is InChI=1S/C18H24N4O5/c23-14(24)9-12(8-4-7-11-5-2-1-3-6-11)17-20-15(22-27-17)13-10-19-18(26)21-16(13)25/h10-12H,1-9H2,(H,23,24)(H2,19,21,25,26)/t12-/m1/s1. The number of H-pyrrole nitrogens is 2. The van der Waals surface area contributed by atoms with Gasteiger partial charge in [0, 0.05) is 12.1 Å². The van der Waals surface area contributed by atoms with Crippen LogP contribution in [-0.4, -0.2) is 31.2 Å². The van der Waals surface area contributed by atoms with Crippen LogP contribution in [-0.2, 0) is 4.79 Å². The molecule has 0 aliphatic heterocycles. The quantitative estimate of drug-likeness (QED) is 0.642. The van der Waals surface area contributed by atoms with Gasteiger partial charge in [0.2, 0.25) is 11.7 Å². The van der Waals surface area contributed by atoms with E-state index in [0.29, 0.717) is 6.42 Å². The summed E-state index contributed by atoms with van der Waals surface area (Å²) in [6.07, 6.45) is 10.1. The molecular weight excluding hydrogens is 352 g/mol. The molecule has 2 aromatic rings. The number of carbonyl (C=O) groups is 1. The Morgan fingerprint density at radius 2 is 2.07 bits per heavy atom. The van der Waals surface area contributed by atoms with Crippen LogP contribution in [0.15, 0.2) is 20.3 Å². The van der Waals surface area contributed by atoms with Crippen LogP contribution >= 0.6 is 0 Å². The number of hydrogen-bond donors (Lipinski definition) is 3. The molecule has 0 aromatic carbocycles. The highest BCUT2D eigenvalue weighted by molar-refractivity contribution is 5.67. The van der Waals surface area contributed by atoms with E-state index in [4.69, 9.17) is 4.52 Å². The first-order valence-electron chi connectivity index (χ1n) is 9.40. The van der Waals surface area contributed by atoms with Crippen molar-refractivity contribution < 1.29 is 14.4 Å². The SMILES string of the molecule is O=C(O)C[C@@H](CCCC1CCCCC1)c1nc(-c2c[nH]c(=O)[nH]c2=O)no1. The van der Waals surface area contributed by atoms with Gasteiger partial charge in [-0.2, -0.15) is 4.98 Å². The summed E-state index contributed by atoms with van der Waals surface area (Å²) in [5.41, 5.74) is -1.18. The van der Waals surface area contributed by atoms with Crippen molar-refractivity contribution in [3.05, 3.63) is 32.9 Å². The zero-order valence-electron chi connectivity index (χ0n) is 15.1. The third-order valence-electron chi connectivity index (χ3n) is 5.16. The molecule has 9 nitrogen and oxygen atoms in total. The van der Waals surface area contributed by atoms with Crippen molar-refractivity contribution in [3.8, 4) is 11.4 Å². The number of aromatic nitrogens is 4. The van der Waals surface area contributed by atoms with Crippen LogP contribution in [0, 0.1) is 5.92 Å². The molecule has 2 aromatic heterocycles. The van der Waals surface area contributed by atoms with E-state index < -0.39 is 23.1 Å². The normalized spacial score (nSPS) is 16.3. The Labute approximate surface area is 155 Å². The molecule has 146 valence electrons. The fraction of sp³-hybridized carbons (Fsp3) is 0.611. The van der Waals surface area contributed by atoms with E-state index >= 15 is 0 Å². The summed E-state index contributed by atoms with van der Waals surface area (Å²) < 4.78 is 5.24. The summed E-state index contributed by atoms with van der Waals surface area (Å²) in [5, 5.41) is 13.0. The molecule has 0 spiro atoms. The lowest BCUT2D eigenvalue weighted by atomic mass is 9.84. The molecule has 1 atom stereocenters. The third kappa shape index (κ3) is 5.15. The van der Waals surface area contributed by atoms with Crippen LogP contribution in [0.2, 0.25) is 0 Å². The van der Waals surface area contributed by atoms with Crippen LogP contribution in [0.5, 0.6) is 0 Å². The van der Waals surface area contributed by atoms with Gasteiger partial charge in [0.05, 0.1) is 6.42 Å². The van der Waals surface area contributed by atoms with Crippen molar-refractivity contribution in [2.45, 2.75) is 63.7 Å². The van der Waals surface area contributed by atoms with Gasteiger partial charge in [-0.05, 0) is 12.3 Å². The van der Waals surface area contributed by atoms with Gasteiger partial charge >= 0.3 is 11.7 Å². The van der Waals surface area contributed by atoms with Crippen LogP contribution < -0.4 is 11.2 Å². The summed E-state index contributed by atoms with van der Waals surface area (Å²) >= 11 is 0. The molecule has 0 saturated heterocycles. The minimum Gasteiger partial charge on any atom is -0.481 e. The molecule has 1 aliphatic carbocycles. The molecule has 0 radical (unpaired) electrons. The fourth-order valence-corrected chi connectivity index (χ4v) is 3.74. The van der Waals surface area contributed by atoms with E-state index in [1.54, 1.807) is 0 Å². The maximum atomic E-state index is 11.9. The van der Waals surface area contributed by atoms with Gasteiger partial charge in [0.15, 0.2) is 0 Å². The molecule has 3 N–H and O–H groups in total. The highest BCUT2D eigenvalue weighted by atomic mass is 16.5. The third-order valence-corrected chi connectivity index (χ3v) is 5.16. The second-order valence-electron chi connectivity index (χ2n) is 7.17. The number of hydrogen-bond acceptors (Lipinski definition) is 6. The van der Waals surface area contributed by atoms with Gasteiger partial charge in [0.1, 0.15) is 5.56 Å². The zero-order chi connectivity index (χ0) is 19.2. The first kappa shape index (κ1) is 19.1. The Bertz CT molecular complexity index is 878. The lowest BCUT2D eigenvalue weighted by molar-refractivity contribution is -0.137. The second-order valence-corrected chi connectivity index (χ2v) is 7.17. The van der Waals surface area contributed by atoms with Crippen LogP contribution in [0.4, 0.5) is 0 Å². The van der Waals surface area contributed by atoms with Gasteiger partial charge in [-0.25, -0.2) is 4.79 Å². The number of aliphatic carboxylic acids is 1. The fourth-order valence-electron chi connectivity index (χ4n) is 3.74. The van der Waals surface area contributed by atoms with Gasteiger partial charge < -0.3 is 14.6 Å². The molecule has 0 bridgehead atoms. The van der Waals surface area contributed by atoms with Crippen molar-refractivity contribution in [1.29, 1.82) is 0 Å². The van der Waals surface area contributed by atoms with Gasteiger partial charge in [0.25, 0.3) is 5.56 Å². The molecule has 0 amide bonds. The maximum absolute atomic E-state index is 11.9. The second kappa shape index (κ2) is 8.79. The average Bonchev–Trinajstić information content (AvgIpc) is 3.11. The van der Waals surface area contributed by atoms with Gasteiger partial charge in [-0.1, -0.05) is 50.1 Å². The van der Waals surface area contributed by atoms with Crippen LogP contribution in [0.3, 0.4) is 0 Å². The Kier molecular flexibility index (Phi) is 6.20. The van der Waals surface area contributed by atoms with Crippen LogP contribution in [0.1, 0.15) is 69.6 Å². The summed E-state index contributed by atoms with van der Waals surface area (Å²) in [7, 11) is 0. The number of nitrogens with one attached hydrogen (secondary N) is 2. The maximum Gasteiger partial charge on any atom is 0.325 e. The molecule has 0 unspecified atom stereocenters. The topological polar surface area (TPSA) is 142 Å². The largest absolute Gasteiger partial charge is 0.481 e. The van der Waals surface area contributed by atoms with Crippen molar-refractivity contribution in [1.82, 2.24) is 20.1 Å². The molecule has 2 heterocycles. The summed E-state index contributed by atoms with van der Waals surface area (Å²) in [6, 6.07) is 0. The van der Waals surface area contributed by atoms with E-state index in [9.17, 15) is 19.5 Å². The van der Waals surface area contributed by atoms with E-state index in [1.807, 2.05) is 0 Å². The van der Waals surface area contributed by atoms with Crippen molar-refractivity contribution in [3.63, 3.8) is 0 Å². The predicted molar refractivity (Wildman–Crippen MR) is 96.4 cm³/mol. The lowest BCUT2D eigenvalue weighted by Gasteiger charge is -2.21. The van der Waals surface area contributed by atoms with Gasteiger partial charge in [-0.3, -0.25) is 14.6 Å². The number of rotatable bonds is 8. The Morgan fingerprint density at radius 3 is 2.78 bits per heavy atom. The first-order valence-corrected chi connectivity index (χ1v) is 9.40. The number of nitrogens with zero attached hydrogens (tertiary/aromatic N) is 2. The van der Waals surface area contributed by atoms with Crippen molar-refractivity contribution >= 4 is 5.97 Å². The minimum absolute atomic E-state index is 0.0326. The molecule has 27 heavy (non-hydrogen) atoms. The van der Waals surface area contributed by atoms with E-state index in [0.717, 1.165) is 18.8 Å². The molecule has 1 saturated carbocycles. The molecular formula is C18H24N4O5. The first-order chi connectivity index (χ1) is 13.0. The van der Waals surface area contributed by atoms with Gasteiger partial charge in [-0.15, -0.1) is 0 Å².